The molecule has 0 bridgehead atoms. The molecule has 3 aromatic carbocycles. The Balaban J connectivity index is 1.66. The Hall–Kier alpha value is -4.39. The van der Waals surface area contributed by atoms with E-state index in [0.717, 1.165) is 16.7 Å². The first kappa shape index (κ1) is 20.5. The lowest BCUT2D eigenvalue weighted by atomic mass is 10.00. The van der Waals surface area contributed by atoms with Crippen molar-refractivity contribution in [1.82, 2.24) is 9.88 Å². The van der Waals surface area contributed by atoms with Crippen LogP contribution in [0.2, 0.25) is 0 Å². The van der Waals surface area contributed by atoms with Gasteiger partial charge in [0.1, 0.15) is 0 Å². The number of carbonyl (C=O) groups excluding carboxylic acids is 1. The molecule has 7 heteroatoms. The van der Waals surface area contributed by atoms with Crippen molar-refractivity contribution in [3.8, 4) is 5.88 Å². The number of aromatic hydroxyl groups is 1. The number of aromatic carboxylic acids is 1. The minimum absolute atomic E-state index is 0.0330. The zero-order valence-electron chi connectivity index (χ0n) is 17.9. The predicted molar refractivity (Wildman–Crippen MR) is 125 cm³/mol. The van der Waals surface area contributed by atoms with Gasteiger partial charge in [-0.3, -0.25) is 4.79 Å². The van der Waals surface area contributed by atoms with Gasteiger partial charge in [-0.1, -0.05) is 42.5 Å². The molecule has 2 heterocycles. The Kier molecular flexibility index (Phi) is 4.94. The fraction of sp³-hybridized carbons (Fsp3) is 0.115. The van der Waals surface area contributed by atoms with Crippen LogP contribution in [-0.4, -0.2) is 37.7 Å². The van der Waals surface area contributed by atoms with Crippen LogP contribution in [0.1, 0.15) is 39.5 Å². The number of H-pyrrole nitrogens is 1. The summed E-state index contributed by atoms with van der Waals surface area (Å²) in [7, 11) is 0. The Morgan fingerprint density at radius 3 is 2.42 bits per heavy atom. The monoisotopic (exact) mass is 439 g/mol. The summed E-state index contributed by atoms with van der Waals surface area (Å²) >= 11 is 0. The molecule has 164 valence electrons. The standard InChI is InChI=1S/C26H21N3O4/c1-15(30)29-13-18-7-9-20(11-19(18)14-29)27-24(16-5-3-2-4-6-16)23-21-10-8-17(26(32)33)12-22(21)28-25(23)31/h2-12,28,31H,13-14H2,1H3,(H,32,33). The Morgan fingerprint density at radius 1 is 0.939 bits per heavy atom. The summed E-state index contributed by atoms with van der Waals surface area (Å²) in [6.07, 6.45) is 0. The van der Waals surface area contributed by atoms with Crippen molar-refractivity contribution in [3.05, 3.63) is 94.5 Å². The van der Waals surface area contributed by atoms with Gasteiger partial charge in [-0.25, -0.2) is 9.79 Å². The van der Waals surface area contributed by atoms with Gasteiger partial charge in [0.2, 0.25) is 5.91 Å². The second kappa shape index (κ2) is 7.94. The van der Waals surface area contributed by atoms with Gasteiger partial charge in [-0.2, -0.15) is 0 Å². The van der Waals surface area contributed by atoms with Gasteiger partial charge in [0, 0.05) is 36.5 Å². The molecule has 0 fully saturated rings. The number of hydrogen-bond donors (Lipinski definition) is 3. The molecule has 0 radical (unpaired) electrons. The number of nitrogens with zero attached hydrogens (tertiary/aromatic N) is 2. The molecule has 1 aliphatic heterocycles. The fourth-order valence-electron chi connectivity index (χ4n) is 4.22. The van der Waals surface area contributed by atoms with E-state index >= 15 is 0 Å². The summed E-state index contributed by atoms with van der Waals surface area (Å²) < 4.78 is 0. The van der Waals surface area contributed by atoms with Crippen molar-refractivity contribution in [1.29, 1.82) is 0 Å². The first-order valence-electron chi connectivity index (χ1n) is 10.5. The molecule has 0 aliphatic carbocycles. The van der Waals surface area contributed by atoms with Crippen LogP contribution in [0.3, 0.4) is 0 Å². The van der Waals surface area contributed by atoms with E-state index in [9.17, 15) is 19.8 Å². The summed E-state index contributed by atoms with van der Waals surface area (Å²) in [5.41, 5.74) is 5.35. The number of aromatic amines is 1. The van der Waals surface area contributed by atoms with E-state index in [-0.39, 0.29) is 17.4 Å². The topological polar surface area (TPSA) is 106 Å². The third kappa shape index (κ3) is 3.74. The zero-order chi connectivity index (χ0) is 23.1. The SMILES string of the molecule is CC(=O)N1Cc2ccc(N=C(c3ccccc3)c3c(O)[nH]c4cc(C(=O)O)ccc34)cc2C1. The molecule has 0 saturated heterocycles. The van der Waals surface area contributed by atoms with Crippen LogP contribution in [-0.2, 0) is 17.9 Å². The maximum atomic E-state index is 11.8. The number of carboxylic acid groups (broad SMARTS) is 1. The van der Waals surface area contributed by atoms with Crippen LogP contribution in [0.4, 0.5) is 5.69 Å². The Bertz CT molecular complexity index is 1440. The maximum Gasteiger partial charge on any atom is 0.335 e. The molecule has 0 saturated carbocycles. The number of nitrogens with one attached hydrogen (secondary N) is 1. The fourth-order valence-corrected chi connectivity index (χ4v) is 4.22. The van der Waals surface area contributed by atoms with E-state index in [1.165, 1.54) is 12.1 Å². The molecule has 0 atom stereocenters. The van der Waals surface area contributed by atoms with E-state index in [0.29, 0.717) is 41.0 Å². The van der Waals surface area contributed by atoms with Crippen LogP contribution in [0.5, 0.6) is 5.88 Å². The van der Waals surface area contributed by atoms with Gasteiger partial charge in [-0.15, -0.1) is 0 Å². The molecule has 0 unspecified atom stereocenters. The first-order chi connectivity index (χ1) is 15.9. The number of fused-ring (bicyclic) bond motifs is 2. The van der Waals surface area contributed by atoms with E-state index in [4.69, 9.17) is 4.99 Å². The minimum Gasteiger partial charge on any atom is -0.494 e. The van der Waals surface area contributed by atoms with Gasteiger partial charge >= 0.3 is 5.97 Å². The lowest BCUT2D eigenvalue weighted by molar-refractivity contribution is -0.129. The van der Waals surface area contributed by atoms with Crippen LogP contribution in [0, 0.1) is 0 Å². The Morgan fingerprint density at radius 2 is 1.70 bits per heavy atom. The van der Waals surface area contributed by atoms with Gasteiger partial charge < -0.3 is 20.1 Å². The number of rotatable bonds is 4. The van der Waals surface area contributed by atoms with Gasteiger partial charge in [0.25, 0.3) is 0 Å². The highest BCUT2D eigenvalue weighted by molar-refractivity contribution is 6.22. The minimum atomic E-state index is -1.04. The number of aromatic nitrogens is 1. The highest BCUT2D eigenvalue weighted by atomic mass is 16.4. The molecular weight excluding hydrogens is 418 g/mol. The number of aliphatic imine (C=N–C) groups is 1. The molecule has 4 aromatic rings. The molecule has 5 rings (SSSR count). The average molecular weight is 439 g/mol. The van der Waals surface area contributed by atoms with Crippen molar-refractivity contribution in [2.45, 2.75) is 20.0 Å². The van der Waals surface area contributed by atoms with Crippen LogP contribution >= 0.6 is 0 Å². The van der Waals surface area contributed by atoms with Crippen molar-refractivity contribution in [2.75, 3.05) is 0 Å². The quantitative estimate of drug-likeness (QED) is 0.404. The first-order valence-corrected chi connectivity index (χ1v) is 10.5. The average Bonchev–Trinajstić information content (AvgIpc) is 3.37. The third-order valence-electron chi connectivity index (χ3n) is 5.91. The Labute approximate surface area is 189 Å². The van der Waals surface area contributed by atoms with E-state index < -0.39 is 5.97 Å². The number of amides is 1. The van der Waals surface area contributed by atoms with E-state index in [1.807, 2.05) is 48.5 Å². The molecule has 33 heavy (non-hydrogen) atoms. The summed E-state index contributed by atoms with van der Waals surface area (Å²) in [5, 5.41) is 20.8. The van der Waals surface area contributed by atoms with Crippen LogP contribution in [0.15, 0.2) is 71.7 Å². The largest absolute Gasteiger partial charge is 0.494 e. The molecule has 1 amide bonds. The lowest BCUT2D eigenvalue weighted by Gasteiger charge is -2.11. The van der Waals surface area contributed by atoms with Crippen LogP contribution in [0.25, 0.3) is 10.9 Å². The van der Waals surface area contributed by atoms with Crippen molar-refractivity contribution in [3.63, 3.8) is 0 Å². The molecule has 1 aromatic heterocycles. The van der Waals surface area contributed by atoms with Gasteiger partial charge in [0.05, 0.1) is 22.5 Å². The summed E-state index contributed by atoms with van der Waals surface area (Å²) in [6.45, 7) is 2.70. The van der Waals surface area contributed by atoms with Crippen LogP contribution < -0.4 is 0 Å². The van der Waals surface area contributed by atoms with Gasteiger partial charge in [0.15, 0.2) is 5.88 Å². The zero-order valence-corrected chi connectivity index (χ0v) is 17.9. The number of carboxylic acids is 1. The molecule has 7 nitrogen and oxygen atoms in total. The van der Waals surface area contributed by atoms with E-state index in [1.54, 1.807) is 17.9 Å². The third-order valence-corrected chi connectivity index (χ3v) is 5.91. The lowest BCUT2D eigenvalue weighted by Crippen LogP contribution is -2.21. The molecule has 0 spiro atoms. The number of benzene rings is 3. The second-order valence-electron chi connectivity index (χ2n) is 8.07. The predicted octanol–water partition coefficient (Wildman–Crippen LogP) is 4.60. The van der Waals surface area contributed by atoms with Gasteiger partial charge in [-0.05, 0) is 35.4 Å². The van der Waals surface area contributed by atoms with Crippen molar-refractivity contribution >= 4 is 34.2 Å². The second-order valence-corrected chi connectivity index (χ2v) is 8.07. The van der Waals surface area contributed by atoms with Crippen molar-refractivity contribution < 1.29 is 19.8 Å². The highest BCUT2D eigenvalue weighted by Gasteiger charge is 2.22. The summed E-state index contributed by atoms with van der Waals surface area (Å²) in [4.78, 5) is 32.7. The molecular formula is C26H21N3O4. The highest BCUT2D eigenvalue weighted by Crippen LogP contribution is 2.33. The normalized spacial score (nSPS) is 13.4. The smallest absolute Gasteiger partial charge is 0.335 e. The number of carbonyl (C=O) groups is 2. The maximum absolute atomic E-state index is 11.8. The summed E-state index contributed by atoms with van der Waals surface area (Å²) in [6, 6.07) is 20.0. The summed E-state index contributed by atoms with van der Waals surface area (Å²) in [5.74, 6) is -1.09. The van der Waals surface area contributed by atoms with E-state index in [2.05, 4.69) is 4.98 Å². The molecule has 3 N–H and O–H groups in total. The van der Waals surface area contributed by atoms with Crippen molar-refractivity contribution in [2.24, 2.45) is 4.99 Å². The molecule has 1 aliphatic rings. The number of hydrogen-bond acceptors (Lipinski definition) is 4.